The lowest BCUT2D eigenvalue weighted by Gasteiger charge is -2.05. The molecule has 0 aromatic heterocycles. The average Bonchev–Trinajstić information content (AvgIpc) is 2.04. The number of benzene rings is 1. The Hall–Kier alpha value is -0.840. The Labute approximate surface area is 87.6 Å². The summed E-state index contributed by atoms with van der Waals surface area (Å²) in [6.07, 6.45) is 0. The minimum Gasteiger partial charge on any atom is -0.494 e. The second-order valence-corrected chi connectivity index (χ2v) is 3.16. The summed E-state index contributed by atoms with van der Waals surface area (Å²) >= 11 is 11.8. The molecule has 0 atom stereocenters. The smallest absolute Gasteiger partial charge is 0.156 e. The lowest BCUT2D eigenvalue weighted by Crippen LogP contribution is -1.86. The van der Waals surface area contributed by atoms with Crippen molar-refractivity contribution in [1.82, 2.24) is 0 Å². The van der Waals surface area contributed by atoms with Gasteiger partial charge in [0.25, 0.3) is 0 Å². The third kappa shape index (κ3) is 2.30. The maximum atomic E-state index is 5.89. The van der Waals surface area contributed by atoms with Crippen molar-refractivity contribution in [2.75, 3.05) is 7.11 Å². The first-order valence-electron chi connectivity index (χ1n) is 3.65. The van der Waals surface area contributed by atoms with E-state index in [4.69, 9.17) is 27.9 Å². The van der Waals surface area contributed by atoms with Crippen molar-refractivity contribution in [2.45, 2.75) is 6.92 Å². The topological polar surface area (TPSA) is 9.23 Å². The van der Waals surface area contributed by atoms with Gasteiger partial charge in [-0.05, 0) is 19.1 Å². The summed E-state index contributed by atoms with van der Waals surface area (Å²) in [6.45, 7) is 1.76. The average molecular weight is 215 g/mol. The summed E-state index contributed by atoms with van der Waals surface area (Å²) in [5, 5.41) is 0.959. The molecule has 68 valence electrons. The molecule has 0 aliphatic rings. The Balaban J connectivity index is 3.25. The standard InChI is InChI=1S/C10H8Cl2O/c1-3-4-7-5-8(11)10(13-2)9(12)6-7/h5-6H,1-2H3. The molecule has 1 rings (SSSR count). The van der Waals surface area contributed by atoms with E-state index in [2.05, 4.69) is 11.8 Å². The van der Waals surface area contributed by atoms with Crippen LogP contribution < -0.4 is 4.74 Å². The van der Waals surface area contributed by atoms with Crippen molar-refractivity contribution < 1.29 is 4.74 Å². The molecule has 0 aliphatic heterocycles. The van der Waals surface area contributed by atoms with Crippen molar-refractivity contribution in [2.24, 2.45) is 0 Å². The SMILES string of the molecule is CC#Cc1cc(Cl)c(OC)c(Cl)c1. The van der Waals surface area contributed by atoms with E-state index in [1.165, 1.54) is 7.11 Å². The predicted molar refractivity (Wildman–Crippen MR) is 55.6 cm³/mol. The third-order valence-corrected chi connectivity index (χ3v) is 2.03. The molecule has 0 aliphatic carbocycles. The van der Waals surface area contributed by atoms with Gasteiger partial charge in [0.1, 0.15) is 0 Å². The first-order valence-corrected chi connectivity index (χ1v) is 4.40. The van der Waals surface area contributed by atoms with Gasteiger partial charge in [-0.1, -0.05) is 29.1 Å². The monoisotopic (exact) mass is 214 g/mol. The van der Waals surface area contributed by atoms with Crippen LogP contribution in [0.15, 0.2) is 12.1 Å². The lowest BCUT2D eigenvalue weighted by atomic mass is 10.2. The highest BCUT2D eigenvalue weighted by molar-refractivity contribution is 6.37. The normalized spacial score (nSPS) is 8.92. The Morgan fingerprint density at radius 2 is 1.77 bits per heavy atom. The van der Waals surface area contributed by atoms with E-state index in [0.29, 0.717) is 15.8 Å². The van der Waals surface area contributed by atoms with Crippen LogP contribution in [-0.2, 0) is 0 Å². The van der Waals surface area contributed by atoms with Crippen LogP contribution in [0.4, 0.5) is 0 Å². The van der Waals surface area contributed by atoms with Gasteiger partial charge in [0.2, 0.25) is 0 Å². The summed E-state index contributed by atoms with van der Waals surface area (Å²) in [5.74, 6) is 6.12. The second kappa shape index (κ2) is 4.41. The van der Waals surface area contributed by atoms with E-state index in [-0.39, 0.29) is 0 Å². The fourth-order valence-electron chi connectivity index (χ4n) is 0.971. The highest BCUT2D eigenvalue weighted by atomic mass is 35.5. The van der Waals surface area contributed by atoms with E-state index in [0.717, 1.165) is 5.56 Å². The fourth-order valence-corrected chi connectivity index (χ4v) is 1.61. The van der Waals surface area contributed by atoms with Gasteiger partial charge in [-0.2, -0.15) is 0 Å². The van der Waals surface area contributed by atoms with Gasteiger partial charge in [0.15, 0.2) is 5.75 Å². The fraction of sp³-hybridized carbons (Fsp3) is 0.200. The molecule has 0 spiro atoms. The zero-order valence-electron chi connectivity index (χ0n) is 7.32. The molecule has 0 unspecified atom stereocenters. The summed E-state index contributed by atoms with van der Waals surface area (Å²) < 4.78 is 5.00. The molecule has 0 fully saturated rings. The largest absolute Gasteiger partial charge is 0.494 e. The van der Waals surface area contributed by atoms with Crippen molar-refractivity contribution >= 4 is 23.2 Å². The van der Waals surface area contributed by atoms with E-state index in [1.54, 1.807) is 19.1 Å². The van der Waals surface area contributed by atoms with Gasteiger partial charge in [-0.3, -0.25) is 0 Å². The molecule has 0 N–H and O–H groups in total. The van der Waals surface area contributed by atoms with Crippen LogP contribution >= 0.6 is 23.2 Å². The minimum absolute atomic E-state index is 0.479. The molecule has 0 heterocycles. The van der Waals surface area contributed by atoms with Crippen LogP contribution in [0.2, 0.25) is 10.0 Å². The number of methoxy groups -OCH3 is 1. The molecule has 0 saturated carbocycles. The number of rotatable bonds is 1. The summed E-state index contributed by atoms with van der Waals surface area (Å²) in [5.41, 5.74) is 0.790. The Morgan fingerprint density at radius 3 is 2.15 bits per heavy atom. The van der Waals surface area contributed by atoms with Crippen molar-refractivity contribution in [1.29, 1.82) is 0 Å². The molecule has 0 radical (unpaired) electrons. The minimum atomic E-state index is 0.479. The Bertz CT molecular complexity index is 351. The van der Waals surface area contributed by atoms with E-state index < -0.39 is 0 Å². The number of halogens is 2. The van der Waals surface area contributed by atoms with Crippen LogP contribution in [0.3, 0.4) is 0 Å². The second-order valence-electron chi connectivity index (χ2n) is 2.35. The lowest BCUT2D eigenvalue weighted by molar-refractivity contribution is 0.415. The third-order valence-electron chi connectivity index (χ3n) is 1.47. The van der Waals surface area contributed by atoms with Crippen molar-refractivity contribution in [3.8, 4) is 17.6 Å². The molecule has 13 heavy (non-hydrogen) atoms. The Morgan fingerprint density at radius 1 is 1.23 bits per heavy atom. The van der Waals surface area contributed by atoms with Gasteiger partial charge in [0.05, 0.1) is 17.2 Å². The van der Waals surface area contributed by atoms with Crippen LogP contribution in [0.5, 0.6) is 5.75 Å². The van der Waals surface area contributed by atoms with Gasteiger partial charge < -0.3 is 4.74 Å². The van der Waals surface area contributed by atoms with Crippen LogP contribution in [0, 0.1) is 11.8 Å². The summed E-state index contributed by atoms with van der Waals surface area (Å²) in [4.78, 5) is 0. The molecule has 0 amide bonds. The summed E-state index contributed by atoms with van der Waals surface area (Å²) in [7, 11) is 1.53. The van der Waals surface area contributed by atoms with Crippen LogP contribution in [0.1, 0.15) is 12.5 Å². The van der Waals surface area contributed by atoms with Gasteiger partial charge in [-0.15, -0.1) is 5.92 Å². The molecular weight excluding hydrogens is 207 g/mol. The number of hydrogen-bond acceptors (Lipinski definition) is 1. The molecule has 1 nitrogen and oxygen atoms in total. The zero-order chi connectivity index (χ0) is 9.84. The maximum Gasteiger partial charge on any atom is 0.156 e. The molecule has 1 aromatic rings. The maximum absolute atomic E-state index is 5.89. The highest BCUT2D eigenvalue weighted by Gasteiger charge is 2.06. The molecular formula is C10H8Cl2O. The summed E-state index contributed by atoms with van der Waals surface area (Å²) in [6, 6.07) is 3.45. The molecule has 0 saturated heterocycles. The van der Waals surface area contributed by atoms with Crippen LogP contribution in [-0.4, -0.2) is 7.11 Å². The molecule has 0 bridgehead atoms. The van der Waals surface area contributed by atoms with Crippen molar-refractivity contribution in [3.63, 3.8) is 0 Å². The zero-order valence-corrected chi connectivity index (χ0v) is 8.83. The van der Waals surface area contributed by atoms with Gasteiger partial charge >= 0.3 is 0 Å². The highest BCUT2D eigenvalue weighted by Crippen LogP contribution is 2.33. The first-order chi connectivity index (χ1) is 6.19. The van der Waals surface area contributed by atoms with E-state index >= 15 is 0 Å². The first kappa shape index (κ1) is 10.2. The van der Waals surface area contributed by atoms with Gasteiger partial charge in [-0.25, -0.2) is 0 Å². The van der Waals surface area contributed by atoms with Gasteiger partial charge in [0, 0.05) is 5.56 Å². The quantitative estimate of drug-likeness (QED) is 0.652. The van der Waals surface area contributed by atoms with E-state index in [1.807, 2.05) is 0 Å². The number of ether oxygens (including phenoxy) is 1. The Kier molecular flexibility index (Phi) is 3.48. The number of hydrogen-bond donors (Lipinski definition) is 0. The van der Waals surface area contributed by atoms with Crippen LogP contribution in [0.25, 0.3) is 0 Å². The van der Waals surface area contributed by atoms with E-state index in [9.17, 15) is 0 Å². The molecule has 1 aromatic carbocycles. The van der Waals surface area contributed by atoms with Crippen molar-refractivity contribution in [3.05, 3.63) is 27.7 Å². The molecule has 3 heteroatoms. The predicted octanol–water partition coefficient (Wildman–Crippen LogP) is 3.37.